The summed E-state index contributed by atoms with van der Waals surface area (Å²) in [5.74, 6) is 0.482. The summed E-state index contributed by atoms with van der Waals surface area (Å²) in [6.07, 6.45) is 1.94. The van der Waals surface area contributed by atoms with Gasteiger partial charge >= 0.3 is 0 Å². The topological polar surface area (TPSA) is 69.4 Å². The summed E-state index contributed by atoms with van der Waals surface area (Å²) in [4.78, 5) is 0. The van der Waals surface area contributed by atoms with E-state index in [9.17, 15) is 8.42 Å². The fraction of sp³-hybridized carbons (Fsp3) is 1.00. The maximum atomic E-state index is 11.3. The van der Waals surface area contributed by atoms with Gasteiger partial charge in [-0.15, -0.1) is 0 Å². The highest BCUT2D eigenvalue weighted by Gasteiger charge is 2.33. The number of ether oxygens (including phenoxy) is 1. The Morgan fingerprint density at radius 2 is 2.08 bits per heavy atom. The molecule has 0 saturated carbocycles. The van der Waals surface area contributed by atoms with Crippen molar-refractivity contribution in [2.24, 2.45) is 5.73 Å². The average molecular weight is 207 g/mol. The Labute approximate surface area is 79.4 Å². The molecule has 4 nitrogen and oxygen atoms in total. The smallest absolute Gasteiger partial charge is 0.150 e. The van der Waals surface area contributed by atoms with E-state index < -0.39 is 15.4 Å². The molecule has 1 aliphatic rings. The third-order valence-electron chi connectivity index (χ3n) is 2.76. The molecule has 0 amide bonds. The van der Waals surface area contributed by atoms with Crippen molar-refractivity contribution in [3.63, 3.8) is 0 Å². The van der Waals surface area contributed by atoms with Crippen LogP contribution in [0.2, 0.25) is 0 Å². The van der Waals surface area contributed by atoms with Gasteiger partial charge in [0, 0.05) is 13.7 Å². The van der Waals surface area contributed by atoms with Crippen LogP contribution < -0.4 is 5.73 Å². The molecule has 0 aromatic carbocycles. The van der Waals surface area contributed by atoms with Crippen LogP contribution in [0.4, 0.5) is 0 Å². The zero-order valence-corrected chi connectivity index (χ0v) is 8.77. The van der Waals surface area contributed by atoms with E-state index in [-0.39, 0.29) is 11.5 Å². The Hall–Kier alpha value is -0.130. The minimum atomic E-state index is -2.85. The molecule has 0 radical (unpaired) electrons. The van der Waals surface area contributed by atoms with E-state index in [0.29, 0.717) is 19.4 Å². The Morgan fingerprint density at radius 1 is 1.38 bits per heavy atom. The molecule has 1 saturated heterocycles. The molecule has 0 aromatic heterocycles. The van der Waals surface area contributed by atoms with Crippen molar-refractivity contribution in [1.82, 2.24) is 0 Å². The third-order valence-corrected chi connectivity index (χ3v) is 4.50. The molecule has 0 aromatic rings. The zero-order valence-electron chi connectivity index (χ0n) is 7.95. The maximum absolute atomic E-state index is 11.3. The lowest BCUT2D eigenvalue weighted by Gasteiger charge is -2.28. The maximum Gasteiger partial charge on any atom is 0.150 e. The predicted octanol–water partition coefficient (Wildman–Crippen LogP) is -0.0710. The first kappa shape index (κ1) is 10.9. The molecule has 5 heteroatoms. The van der Waals surface area contributed by atoms with E-state index in [1.807, 2.05) is 0 Å². The predicted molar refractivity (Wildman–Crippen MR) is 51.3 cm³/mol. The van der Waals surface area contributed by atoms with E-state index in [0.717, 1.165) is 6.42 Å². The minimum Gasteiger partial charge on any atom is -0.377 e. The van der Waals surface area contributed by atoms with Crippen LogP contribution in [0.25, 0.3) is 0 Å². The van der Waals surface area contributed by atoms with Crippen LogP contribution in [-0.4, -0.2) is 39.2 Å². The highest BCUT2D eigenvalue weighted by molar-refractivity contribution is 7.91. The first-order valence-corrected chi connectivity index (χ1v) is 6.31. The Kier molecular flexibility index (Phi) is 3.32. The molecule has 1 fully saturated rings. The second-order valence-corrected chi connectivity index (χ2v) is 5.90. The van der Waals surface area contributed by atoms with Crippen LogP contribution in [0.1, 0.15) is 19.3 Å². The monoisotopic (exact) mass is 207 g/mol. The second kappa shape index (κ2) is 3.94. The number of hydrogen-bond acceptors (Lipinski definition) is 4. The van der Waals surface area contributed by atoms with Crippen molar-refractivity contribution in [1.29, 1.82) is 0 Å². The summed E-state index contributed by atoms with van der Waals surface area (Å²) >= 11 is 0. The number of nitrogens with two attached hydrogens (primary N) is 1. The average Bonchev–Trinajstić information content (AvgIpc) is 2.25. The molecule has 2 N–H and O–H groups in total. The largest absolute Gasteiger partial charge is 0.377 e. The number of rotatable bonds is 2. The Morgan fingerprint density at radius 3 is 2.62 bits per heavy atom. The van der Waals surface area contributed by atoms with Gasteiger partial charge in [0.15, 0.2) is 0 Å². The van der Waals surface area contributed by atoms with Gasteiger partial charge < -0.3 is 10.5 Å². The zero-order chi connectivity index (χ0) is 9.95. The second-order valence-electron chi connectivity index (χ2n) is 3.60. The molecule has 1 atom stereocenters. The lowest BCUT2D eigenvalue weighted by molar-refractivity contribution is -0.0111. The lowest BCUT2D eigenvalue weighted by atomic mass is 9.95. The van der Waals surface area contributed by atoms with Crippen LogP contribution in [0, 0.1) is 0 Å². The molecule has 0 bridgehead atoms. The molecule has 78 valence electrons. The molecule has 1 heterocycles. The molecular formula is C8H17NO3S. The molecule has 1 unspecified atom stereocenters. The Bertz CT molecular complexity index is 257. The first-order chi connectivity index (χ1) is 6.04. The van der Waals surface area contributed by atoms with Gasteiger partial charge in [-0.05, 0) is 19.3 Å². The van der Waals surface area contributed by atoms with E-state index >= 15 is 0 Å². The molecule has 1 aliphatic heterocycles. The van der Waals surface area contributed by atoms with Gasteiger partial charge in [0.25, 0.3) is 0 Å². The van der Waals surface area contributed by atoms with Crippen molar-refractivity contribution in [2.75, 3.05) is 25.2 Å². The summed E-state index contributed by atoms with van der Waals surface area (Å²) in [6.45, 7) is 0.402. The van der Waals surface area contributed by atoms with Crippen molar-refractivity contribution in [3.8, 4) is 0 Å². The van der Waals surface area contributed by atoms with E-state index in [4.69, 9.17) is 10.5 Å². The summed E-state index contributed by atoms with van der Waals surface area (Å²) in [6, 6.07) is 0. The third kappa shape index (κ3) is 2.65. The van der Waals surface area contributed by atoms with Crippen molar-refractivity contribution in [3.05, 3.63) is 0 Å². The van der Waals surface area contributed by atoms with E-state index in [1.54, 1.807) is 7.11 Å². The van der Waals surface area contributed by atoms with Crippen LogP contribution in [0.3, 0.4) is 0 Å². The van der Waals surface area contributed by atoms with Crippen LogP contribution in [-0.2, 0) is 14.6 Å². The number of methoxy groups -OCH3 is 1. The van der Waals surface area contributed by atoms with Gasteiger partial charge in [-0.25, -0.2) is 8.42 Å². The van der Waals surface area contributed by atoms with Crippen LogP contribution >= 0.6 is 0 Å². The molecular weight excluding hydrogens is 190 g/mol. The summed E-state index contributed by atoms with van der Waals surface area (Å²) in [5.41, 5.74) is 5.19. The fourth-order valence-corrected chi connectivity index (χ4v) is 3.15. The van der Waals surface area contributed by atoms with Crippen LogP contribution in [0.15, 0.2) is 0 Å². The quantitative estimate of drug-likeness (QED) is 0.688. The van der Waals surface area contributed by atoms with Gasteiger partial charge in [0.05, 0.1) is 17.1 Å². The van der Waals surface area contributed by atoms with Gasteiger partial charge in [-0.2, -0.15) is 0 Å². The molecule has 13 heavy (non-hydrogen) atoms. The van der Waals surface area contributed by atoms with Gasteiger partial charge in [-0.3, -0.25) is 0 Å². The molecule has 1 rings (SSSR count). The first-order valence-electron chi connectivity index (χ1n) is 4.49. The van der Waals surface area contributed by atoms with Crippen molar-refractivity contribution in [2.45, 2.75) is 24.9 Å². The number of hydrogen-bond donors (Lipinski definition) is 1. The standard InChI is InChI=1S/C8H17NO3S/c1-12-8(7-9)3-2-5-13(10,11)6-4-8/h2-7,9H2,1H3. The summed E-state index contributed by atoms with van der Waals surface area (Å²) < 4.78 is 27.9. The van der Waals surface area contributed by atoms with Crippen LogP contribution in [0.5, 0.6) is 0 Å². The highest BCUT2D eigenvalue weighted by Crippen LogP contribution is 2.25. The lowest BCUT2D eigenvalue weighted by Crippen LogP contribution is -2.40. The normalized spacial score (nSPS) is 34.0. The minimum absolute atomic E-state index is 0.206. The van der Waals surface area contributed by atoms with Gasteiger partial charge in [0.2, 0.25) is 0 Å². The van der Waals surface area contributed by atoms with Gasteiger partial charge in [-0.1, -0.05) is 0 Å². The summed E-state index contributed by atoms with van der Waals surface area (Å²) in [5, 5.41) is 0. The van der Waals surface area contributed by atoms with E-state index in [2.05, 4.69) is 0 Å². The number of sulfone groups is 1. The van der Waals surface area contributed by atoms with Gasteiger partial charge in [0.1, 0.15) is 9.84 Å². The van der Waals surface area contributed by atoms with Crippen molar-refractivity contribution < 1.29 is 13.2 Å². The highest BCUT2D eigenvalue weighted by atomic mass is 32.2. The van der Waals surface area contributed by atoms with Crippen molar-refractivity contribution >= 4 is 9.84 Å². The summed E-state index contributed by atoms with van der Waals surface area (Å²) in [7, 11) is -1.24. The molecule has 0 spiro atoms. The van der Waals surface area contributed by atoms with E-state index in [1.165, 1.54) is 0 Å². The molecule has 0 aliphatic carbocycles. The Balaban J connectivity index is 2.73. The SMILES string of the molecule is COC1(CN)CCCS(=O)(=O)CC1. The fourth-order valence-electron chi connectivity index (χ4n) is 1.67.